The number of carbonyl (C=O) groups excluding carboxylic acids is 1. The zero-order chi connectivity index (χ0) is 23.1. The minimum absolute atomic E-state index is 0.0807. The van der Waals surface area contributed by atoms with Crippen LogP contribution in [0.5, 0.6) is 0 Å². The van der Waals surface area contributed by atoms with Gasteiger partial charge in [0.25, 0.3) is 5.91 Å². The Morgan fingerprint density at radius 2 is 1.91 bits per heavy atom. The lowest BCUT2D eigenvalue weighted by Gasteiger charge is -2.38. The number of aromatic nitrogens is 4. The Morgan fingerprint density at radius 1 is 1.18 bits per heavy atom. The number of fused-ring (bicyclic) bond motifs is 2. The van der Waals surface area contributed by atoms with E-state index in [0.717, 1.165) is 18.8 Å². The number of pyridine rings is 1. The molecule has 1 saturated heterocycles. The lowest BCUT2D eigenvalue weighted by Crippen LogP contribution is -2.54. The number of nitrogens with one attached hydrogen (secondary N) is 2. The molecule has 4 aromatic rings. The van der Waals surface area contributed by atoms with E-state index in [1.165, 1.54) is 16.7 Å². The highest BCUT2D eigenvalue weighted by Gasteiger charge is 2.24. The van der Waals surface area contributed by atoms with Crippen LogP contribution in [0.2, 0.25) is 0 Å². The molecule has 1 amide bonds. The van der Waals surface area contributed by atoms with Crippen LogP contribution in [0.3, 0.4) is 0 Å². The average Bonchev–Trinajstić information content (AvgIpc) is 3.21. The summed E-state index contributed by atoms with van der Waals surface area (Å²) in [7, 11) is 0. The van der Waals surface area contributed by atoms with Crippen LogP contribution in [-0.2, 0) is 6.61 Å². The minimum Gasteiger partial charge on any atom is -0.390 e. The van der Waals surface area contributed by atoms with Crippen molar-refractivity contribution in [2.45, 2.75) is 32.5 Å². The lowest BCUT2D eigenvalue weighted by molar-refractivity contribution is 0.102. The highest BCUT2D eigenvalue weighted by atomic mass is 19.1. The van der Waals surface area contributed by atoms with E-state index in [1.807, 2.05) is 6.07 Å². The fourth-order valence-corrected chi connectivity index (χ4v) is 4.46. The van der Waals surface area contributed by atoms with Crippen LogP contribution in [0.4, 0.5) is 15.8 Å². The molecule has 1 aliphatic rings. The summed E-state index contributed by atoms with van der Waals surface area (Å²) in [6.45, 7) is 5.61. The number of nitrogens with zero attached hydrogens (tertiary/aromatic N) is 5. The Kier molecular flexibility index (Phi) is 5.39. The van der Waals surface area contributed by atoms with Gasteiger partial charge in [-0.15, -0.1) is 0 Å². The molecule has 0 spiro atoms. The molecule has 9 nitrogen and oxygen atoms in total. The summed E-state index contributed by atoms with van der Waals surface area (Å²) >= 11 is 0. The van der Waals surface area contributed by atoms with E-state index in [2.05, 4.69) is 44.3 Å². The molecular formula is C23H24FN7O2. The number of hydrogen-bond acceptors (Lipinski definition) is 7. The molecule has 3 aromatic heterocycles. The second kappa shape index (κ2) is 8.38. The van der Waals surface area contributed by atoms with Crippen molar-refractivity contribution in [1.29, 1.82) is 0 Å². The van der Waals surface area contributed by atoms with Crippen LogP contribution in [0.15, 0.2) is 43.0 Å². The molecule has 0 unspecified atom stereocenters. The van der Waals surface area contributed by atoms with Gasteiger partial charge in [-0.2, -0.15) is 0 Å². The van der Waals surface area contributed by atoms with Crippen LogP contribution in [-0.4, -0.2) is 55.5 Å². The van der Waals surface area contributed by atoms with Crippen molar-refractivity contribution in [2.75, 3.05) is 23.3 Å². The molecule has 2 atom stereocenters. The van der Waals surface area contributed by atoms with E-state index in [9.17, 15) is 14.3 Å². The van der Waals surface area contributed by atoms with E-state index < -0.39 is 11.7 Å². The quantitative estimate of drug-likeness (QED) is 0.439. The number of aliphatic hydroxyl groups excluding tert-OH is 1. The summed E-state index contributed by atoms with van der Waals surface area (Å²) < 4.78 is 15.9. The molecule has 33 heavy (non-hydrogen) atoms. The lowest BCUT2D eigenvalue weighted by atomic mass is 10.1. The molecule has 170 valence electrons. The van der Waals surface area contributed by atoms with E-state index >= 15 is 0 Å². The molecule has 0 bridgehead atoms. The standard InChI is InChI=1S/C23H24FN7O2/c1-13-8-30(9-14(2)27-13)19-4-3-17(20-21(19)26-6-5-25-20)23(33)29-15-7-18(24)22-28-16(12-32)11-31(22)10-15/h3-7,10-11,13-14,27,32H,8-9,12H2,1-2H3,(H,29,33)/t13-,14+. The number of benzene rings is 1. The maximum Gasteiger partial charge on any atom is 0.257 e. The third kappa shape index (κ3) is 3.98. The van der Waals surface area contributed by atoms with E-state index in [-0.39, 0.29) is 17.9 Å². The molecule has 10 heteroatoms. The first-order valence-corrected chi connectivity index (χ1v) is 10.8. The van der Waals surface area contributed by atoms with Crippen molar-refractivity contribution in [3.63, 3.8) is 0 Å². The first-order valence-electron chi connectivity index (χ1n) is 10.8. The van der Waals surface area contributed by atoms with Crippen LogP contribution < -0.4 is 15.5 Å². The fourth-order valence-electron chi connectivity index (χ4n) is 4.46. The van der Waals surface area contributed by atoms with Gasteiger partial charge in [0.2, 0.25) is 0 Å². The first kappa shape index (κ1) is 21.2. The van der Waals surface area contributed by atoms with Gasteiger partial charge < -0.3 is 25.0 Å². The highest BCUT2D eigenvalue weighted by Crippen LogP contribution is 2.29. The van der Waals surface area contributed by atoms with Gasteiger partial charge in [-0.1, -0.05) is 0 Å². The number of hydrogen-bond donors (Lipinski definition) is 3. The van der Waals surface area contributed by atoms with E-state index in [4.69, 9.17) is 0 Å². The van der Waals surface area contributed by atoms with Gasteiger partial charge in [-0.3, -0.25) is 14.8 Å². The summed E-state index contributed by atoms with van der Waals surface area (Å²) in [6.07, 6.45) is 6.23. The van der Waals surface area contributed by atoms with Gasteiger partial charge in [-0.05, 0) is 26.0 Å². The number of piperazine rings is 1. The summed E-state index contributed by atoms with van der Waals surface area (Å²) in [5, 5.41) is 15.5. The summed E-state index contributed by atoms with van der Waals surface area (Å²) in [4.78, 5) is 28.4. The van der Waals surface area contributed by atoms with Crippen molar-refractivity contribution in [1.82, 2.24) is 24.7 Å². The van der Waals surface area contributed by atoms with Crippen LogP contribution in [0.25, 0.3) is 16.7 Å². The zero-order valence-electron chi connectivity index (χ0n) is 18.3. The van der Waals surface area contributed by atoms with Gasteiger partial charge in [0.05, 0.1) is 29.2 Å². The molecule has 0 saturated carbocycles. The number of rotatable bonds is 4. The Labute approximate surface area is 189 Å². The van der Waals surface area contributed by atoms with Crippen LogP contribution in [0, 0.1) is 5.82 Å². The summed E-state index contributed by atoms with van der Waals surface area (Å²) in [5.41, 5.74) is 3.09. The smallest absolute Gasteiger partial charge is 0.257 e. The predicted octanol–water partition coefficient (Wildman–Crippen LogP) is 2.35. The number of amides is 1. The van der Waals surface area contributed by atoms with Crippen LogP contribution >= 0.6 is 0 Å². The molecular weight excluding hydrogens is 425 g/mol. The average molecular weight is 449 g/mol. The Hall–Kier alpha value is -3.63. The number of aliphatic hydroxyl groups is 1. The third-order valence-corrected chi connectivity index (χ3v) is 5.72. The Morgan fingerprint density at radius 3 is 2.64 bits per heavy atom. The molecule has 5 rings (SSSR count). The van der Waals surface area contributed by atoms with Gasteiger partial charge in [-0.25, -0.2) is 9.37 Å². The normalized spacial score (nSPS) is 18.7. The molecule has 0 aliphatic carbocycles. The van der Waals surface area contributed by atoms with Gasteiger partial charge in [0.1, 0.15) is 11.0 Å². The van der Waals surface area contributed by atoms with Gasteiger partial charge in [0, 0.05) is 56.0 Å². The second-order valence-corrected chi connectivity index (χ2v) is 8.41. The maximum atomic E-state index is 14.5. The minimum atomic E-state index is -0.602. The highest BCUT2D eigenvalue weighted by molar-refractivity contribution is 6.13. The summed E-state index contributed by atoms with van der Waals surface area (Å²) in [6, 6.07) is 5.47. The van der Waals surface area contributed by atoms with Crippen molar-refractivity contribution in [2.24, 2.45) is 0 Å². The van der Waals surface area contributed by atoms with Gasteiger partial charge >= 0.3 is 0 Å². The number of imidazole rings is 1. The van der Waals surface area contributed by atoms with Crippen molar-refractivity contribution in [3.8, 4) is 0 Å². The first-order chi connectivity index (χ1) is 15.9. The summed E-state index contributed by atoms with van der Waals surface area (Å²) in [5.74, 6) is -1.02. The van der Waals surface area contributed by atoms with Gasteiger partial charge in [0.15, 0.2) is 11.5 Å². The third-order valence-electron chi connectivity index (χ3n) is 5.72. The second-order valence-electron chi connectivity index (χ2n) is 8.41. The van der Waals surface area contributed by atoms with Crippen molar-refractivity contribution < 1.29 is 14.3 Å². The predicted molar refractivity (Wildman–Crippen MR) is 123 cm³/mol. The largest absolute Gasteiger partial charge is 0.390 e. The topological polar surface area (TPSA) is 108 Å². The molecule has 4 heterocycles. The van der Waals surface area contributed by atoms with Crippen LogP contribution in [0.1, 0.15) is 29.9 Å². The maximum absolute atomic E-state index is 14.5. The number of anilines is 2. The fraction of sp³-hybridized carbons (Fsp3) is 0.304. The van der Waals surface area contributed by atoms with Crippen molar-refractivity contribution >= 4 is 34.0 Å². The Balaban J connectivity index is 1.49. The molecule has 3 N–H and O–H groups in total. The molecule has 1 aromatic carbocycles. The number of carbonyl (C=O) groups is 1. The zero-order valence-corrected chi connectivity index (χ0v) is 18.3. The van der Waals surface area contributed by atoms with E-state index in [1.54, 1.807) is 24.7 Å². The molecule has 1 aliphatic heterocycles. The monoisotopic (exact) mass is 449 g/mol. The number of halogens is 1. The van der Waals surface area contributed by atoms with E-state index in [0.29, 0.717) is 34.4 Å². The SMILES string of the molecule is C[C@@H]1CN(c2ccc(C(=O)Nc3cc(F)c4nc(CO)cn4c3)c3nccnc23)C[C@H](C)N1. The molecule has 0 radical (unpaired) electrons. The Bertz CT molecular complexity index is 1350. The van der Waals surface area contributed by atoms with Crippen molar-refractivity contribution in [3.05, 3.63) is 60.1 Å². The molecule has 1 fully saturated rings.